The SMILES string of the molecule is CCOC(=O)C[n+]1cc(C[C@H](NC(=O)OC(C)(C)C)C(=O)OC)n(COCc2ccccc2)c1.[Br-]. The number of aromatic nitrogens is 2. The van der Waals surface area contributed by atoms with Crippen LogP contribution in [0.5, 0.6) is 0 Å². The van der Waals surface area contributed by atoms with Gasteiger partial charge in [-0.2, -0.15) is 0 Å². The van der Waals surface area contributed by atoms with Crippen molar-refractivity contribution in [2.45, 2.75) is 65.6 Å². The largest absolute Gasteiger partial charge is 1.00 e. The Morgan fingerprint density at radius 1 is 1.14 bits per heavy atom. The van der Waals surface area contributed by atoms with E-state index in [0.717, 1.165) is 5.56 Å². The summed E-state index contributed by atoms with van der Waals surface area (Å²) < 4.78 is 24.4. The predicted molar refractivity (Wildman–Crippen MR) is 121 cm³/mol. The maximum absolute atomic E-state index is 12.4. The molecule has 0 fully saturated rings. The lowest BCUT2D eigenvalue weighted by Crippen LogP contribution is -3.00. The van der Waals surface area contributed by atoms with Crippen molar-refractivity contribution < 1.29 is 54.9 Å². The molecule has 0 unspecified atom stereocenters. The normalized spacial score (nSPS) is 11.7. The van der Waals surface area contributed by atoms with Crippen LogP contribution in [0, 0.1) is 0 Å². The maximum Gasteiger partial charge on any atom is 0.408 e. The predicted octanol–water partition coefficient (Wildman–Crippen LogP) is -0.874. The van der Waals surface area contributed by atoms with Crippen molar-refractivity contribution in [2.75, 3.05) is 13.7 Å². The van der Waals surface area contributed by atoms with Crippen molar-refractivity contribution in [2.24, 2.45) is 0 Å². The molecular formula is C24H34BrN3O7. The molecule has 11 heteroatoms. The van der Waals surface area contributed by atoms with Gasteiger partial charge in [-0.05, 0) is 33.3 Å². The van der Waals surface area contributed by atoms with Crippen molar-refractivity contribution in [3.05, 3.63) is 54.1 Å². The number of halogens is 1. The summed E-state index contributed by atoms with van der Waals surface area (Å²) in [7, 11) is 1.25. The summed E-state index contributed by atoms with van der Waals surface area (Å²) >= 11 is 0. The molecule has 0 saturated heterocycles. The van der Waals surface area contributed by atoms with Crippen molar-refractivity contribution in [3.8, 4) is 0 Å². The van der Waals surface area contributed by atoms with E-state index in [9.17, 15) is 14.4 Å². The van der Waals surface area contributed by atoms with Gasteiger partial charge in [0, 0.05) is 6.42 Å². The second-order valence-electron chi connectivity index (χ2n) is 8.57. The summed E-state index contributed by atoms with van der Waals surface area (Å²) in [6, 6.07) is 8.69. The highest BCUT2D eigenvalue weighted by Crippen LogP contribution is 2.10. The van der Waals surface area contributed by atoms with E-state index in [2.05, 4.69) is 5.32 Å². The number of nitrogens with zero attached hydrogens (tertiary/aromatic N) is 2. The van der Waals surface area contributed by atoms with Crippen molar-refractivity contribution >= 4 is 18.0 Å². The first-order chi connectivity index (χ1) is 16.1. The van der Waals surface area contributed by atoms with Gasteiger partial charge in [-0.15, -0.1) is 0 Å². The molecule has 0 bridgehead atoms. The summed E-state index contributed by atoms with van der Waals surface area (Å²) in [6.07, 6.45) is 2.76. The van der Waals surface area contributed by atoms with Gasteiger partial charge < -0.3 is 41.2 Å². The van der Waals surface area contributed by atoms with E-state index in [4.69, 9.17) is 18.9 Å². The van der Waals surface area contributed by atoms with Gasteiger partial charge in [-0.3, -0.25) is 0 Å². The molecule has 2 aromatic rings. The fourth-order valence-corrected chi connectivity index (χ4v) is 3.11. The van der Waals surface area contributed by atoms with E-state index in [1.54, 1.807) is 49.4 Å². The van der Waals surface area contributed by atoms with Gasteiger partial charge in [0.2, 0.25) is 6.33 Å². The summed E-state index contributed by atoms with van der Waals surface area (Å²) in [5.74, 6) is -1.02. The zero-order chi connectivity index (χ0) is 25.1. The number of amides is 1. The van der Waals surface area contributed by atoms with Crippen LogP contribution in [0.25, 0.3) is 0 Å². The van der Waals surface area contributed by atoms with Gasteiger partial charge in [0.1, 0.15) is 23.5 Å². The highest BCUT2D eigenvalue weighted by molar-refractivity contribution is 5.81. The van der Waals surface area contributed by atoms with E-state index in [0.29, 0.717) is 12.3 Å². The molecule has 1 heterocycles. The Morgan fingerprint density at radius 2 is 1.83 bits per heavy atom. The van der Waals surface area contributed by atoms with Crippen LogP contribution in [-0.4, -0.2) is 48.0 Å². The van der Waals surface area contributed by atoms with Gasteiger partial charge in [-0.25, -0.2) is 23.5 Å². The fourth-order valence-electron chi connectivity index (χ4n) is 3.11. The lowest BCUT2D eigenvalue weighted by molar-refractivity contribution is -0.685. The Morgan fingerprint density at radius 3 is 2.43 bits per heavy atom. The lowest BCUT2D eigenvalue weighted by atomic mass is 10.1. The number of esters is 2. The minimum atomic E-state index is -1.00. The first-order valence-corrected chi connectivity index (χ1v) is 11.0. The van der Waals surface area contributed by atoms with E-state index in [1.807, 2.05) is 30.3 Å². The first-order valence-electron chi connectivity index (χ1n) is 11.0. The number of carbonyl (C=O) groups excluding carboxylic acids is 3. The molecule has 0 spiro atoms. The first kappa shape index (κ1) is 30.1. The fraction of sp³-hybridized carbons (Fsp3) is 0.500. The standard InChI is InChI=1S/C24H33N3O7.BrH/c1-6-33-21(28)14-26-13-19(27(16-26)17-32-15-18-10-8-7-9-11-18)12-20(22(29)31-5)25-23(30)34-24(2,3)4;/h7-11,13,16,20H,6,12,14-15,17H2,1-5H3;1H/t20-;/m0./s1. The van der Waals surface area contributed by atoms with Gasteiger partial charge in [0.05, 0.1) is 20.3 Å². The third kappa shape index (κ3) is 10.9. The molecule has 0 aliphatic carbocycles. The molecule has 35 heavy (non-hydrogen) atoms. The van der Waals surface area contributed by atoms with E-state index in [1.165, 1.54) is 7.11 Å². The lowest BCUT2D eigenvalue weighted by Gasteiger charge is -2.22. The molecule has 194 valence electrons. The number of benzene rings is 1. The molecule has 0 aliphatic heterocycles. The smallest absolute Gasteiger partial charge is 0.408 e. The number of alkyl carbamates (subject to hydrolysis) is 1. The van der Waals surface area contributed by atoms with Crippen molar-refractivity contribution in [1.82, 2.24) is 9.88 Å². The van der Waals surface area contributed by atoms with Crippen LogP contribution in [-0.2, 0) is 54.8 Å². The van der Waals surface area contributed by atoms with E-state index >= 15 is 0 Å². The Hall–Kier alpha value is -2.92. The van der Waals surface area contributed by atoms with Crippen LogP contribution < -0.4 is 26.9 Å². The molecular weight excluding hydrogens is 522 g/mol. The van der Waals surface area contributed by atoms with Crippen LogP contribution in [0.1, 0.15) is 39.0 Å². The molecule has 1 N–H and O–H groups in total. The van der Waals surface area contributed by atoms with E-state index in [-0.39, 0.29) is 43.3 Å². The highest BCUT2D eigenvalue weighted by Gasteiger charge is 2.29. The monoisotopic (exact) mass is 555 g/mol. The van der Waals surface area contributed by atoms with Crippen LogP contribution >= 0.6 is 0 Å². The number of methoxy groups -OCH3 is 1. The Kier molecular flexibility index (Phi) is 12.5. The van der Waals surface area contributed by atoms with Crippen LogP contribution in [0.2, 0.25) is 0 Å². The maximum atomic E-state index is 12.4. The molecule has 1 aromatic carbocycles. The quantitative estimate of drug-likeness (QED) is 0.218. The summed E-state index contributed by atoms with van der Waals surface area (Å²) in [5, 5.41) is 2.56. The van der Waals surface area contributed by atoms with Crippen molar-refractivity contribution in [1.29, 1.82) is 0 Å². The van der Waals surface area contributed by atoms with Gasteiger partial charge >= 0.3 is 18.0 Å². The van der Waals surface area contributed by atoms with Crippen molar-refractivity contribution in [3.63, 3.8) is 0 Å². The Bertz CT molecular complexity index is 958. The second kappa shape index (κ2) is 14.5. The van der Waals surface area contributed by atoms with E-state index < -0.39 is 29.7 Å². The van der Waals surface area contributed by atoms with Crippen LogP contribution in [0.15, 0.2) is 42.9 Å². The minimum absolute atomic E-state index is 0. The van der Waals surface area contributed by atoms with Gasteiger partial charge in [0.15, 0.2) is 13.3 Å². The topological polar surface area (TPSA) is 109 Å². The number of ether oxygens (including phenoxy) is 4. The third-order valence-electron chi connectivity index (χ3n) is 4.52. The Balaban J connectivity index is 0.00000612. The average molecular weight is 556 g/mol. The van der Waals surface area contributed by atoms with Gasteiger partial charge in [-0.1, -0.05) is 30.3 Å². The molecule has 10 nitrogen and oxygen atoms in total. The molecule has 2 rings (SSSR count). The number of rotatable bonds is 11. The third-order valence-corrected chi connectivity index (χ3v) is 4.52. The number of nitrogens with one attached hydrogen (secondary N) is 1. The van der Waals surface area contributed by atoms with Gasteiger partial charge in [0.25, 0.3) is 0 Å². The van der Waals surface area contributed by atoms with Crippen LogP contribution in [0.3, 0.4) is 0 Å². The summed E-state index contributed by atoms with van der Waals surface area (Å²) in [5.41, 5.74) is 0.928. The Labute approximate surface area is 216 Å². The zero-order valence-electron chi connectivity index (χ0n) is 20.8. The number of hydrogen-bond acceptors (Lipinski definition) is 7. The van der Waals surface area contributed by atoms with Crippen LogP contribution in [0.4, 0.5) is 4.79 Å². The number of carbonyl (C=O) groups is 3. The summed E-state index contributed by atoms with van der Waals surface area (Å²) in [6.45, 7) is 7.74. The molecule has 1 amide bonds. The summed E-state index contributed by atoms with van der Waals surface area (Å²) in [4.78, 5) is 36.6. The number of imidazole rings is 1. The molecule has 0 radical (unpaired) electrons. The molecule has 1 atom stereocenters. The molecule has 0 saturated carbocycles. The minimum Gasteiger partial charge on any atom is -1.00 e. The highest BCUT2D eigenvalue weighted by atomic mass is 79.9. The average Bonchev–Trinajstić information content (AvgIpc) is 3.13. The number of hydrogen-bond donors (Lipinski definition) is 1. The molecule has 1 aromatic heterocycles. The second-order valence-corrected chi connectivity index (χ2v) is 8.57. The molecule has 0 aliphatic rings. The zero-order valence-corrected chi connectivity index (χ0v) is 22.4.